The van der Waals surface area contributed by atoms with Crippen LogP contribution in [0, 0.1) is 0 Å². The van der Waals surface area contributed by atoms with Crippen molar-refractivity contribution in [2.24, 2.45) is 0 Å². The van der Waals surface area contributed by atoms with E-state index in [2.05, 4.69) is 14.1 Å². The van der Waals surface area contributed by atoms with Crippen LogP contribution in [0.2, 0.25) is 0 Å². The van der Waals surface area contributed by atoms with Gasteiger partial charge in [0.05, 0.1) is 6.61 Å². The quantitative estimate of drug-likeness (QED) is 0.510. The van der Waals surface area contributed by atoms with Gasteiger partial charge in [0.2, 0.25) is 0 Å². The SMILES string of the molecule is CCOC(=O)n1oo1. The van der Waals surface area contributed by atoms with Gasteiger partial charge < -0.3 is 4.74 Å². The summed E-state index contributed by atoms with van der Waals surface area (Å²) in [4.78, 5) is 10.9. The van der Waals surface area contributed by atoms with E-state index in [0.29, 0.717) is 11.5 Å². The van der Waals surface area contributed by atoms with Crippen molar-refractivity contribution < 1.29 is 18.9 Å². The fraction of sp³-hybridized carbons (Fsp3) is 0.667. The van der Waals surface area contributed by atoms with Crippen LogP contribution in [0.5, 0.6) is 0 Å². The molecule has 0 radical (unpaired) electrons. The molecule has 46 valence electrons. The molecule has 0 fully saturated rings. The minimum Gasteiger partial charge on any atom is -0.445 e. The van der Waals surface area contributed by atoms with Crippen molar-refractivity contribution in [2.45, 2.75) is 6.92 Å². The van der Waals surface area contributed by atoms with Gasteiger partial charge in [-0.2, -0.15) is 0 Å². The average molecular weight is 119 g/mol. The van der Waals surface area contributed by atoms with Crippen molar-refractivity contribution in [3.8, 4) is 0 Å². The van der Waals surface area contributed by atoms with Gasteiger partial charge in [0.25, 0.3) is 0 Å². The first kappa shape index (κ1) is 5.02. The first-order chi connectivity index (χ1) is 3.84. The number of rotatable bonds is 1. The second-order valence-corrected chi connectivity index (χ2v) is 1.11. The maximum absolute atomic E-state index is 10.3. The Kier molecular flexibility index (Phi) is 1.11. The predicted molar refractivity (Wildman–Crippen MR) is 21.4 cm³/mol. The standard InChI is InChI=1S/C3H5NO4/c1-2-6-3(5)4-7-8-4/h2H2,1H3. The Hall–Kier alpha value is -1.13. The minimum absolute atomic E-state index is 0.321. The van der Waals surface area contributed by atoms with Crippen LogP contribution in [0.3, 0.4) is 0 Å². The van der Waals surface area contributed by atoms with Crippen LogP contribution >= 0.6 is 0 Å². The zero-order chi connectivity index (χ0) is 5.98. The number of carbonyl (C=O) groups excluding carboxylic acids is 1. The Morgan fingerprint density at radius 2 is 2.38 bits per heavy atom. The lowest BCUT2D eigenvalue weighted by molar-refractivity contribution is 0.144. The van der Waals surface area contributed by atoms with Gasteiger partial charge in [-0.15, -0.1) is 9.36 Å². The summed E-state index contributed by atoms with van der Waals surface area (Å²) >= 11 is 0. The molecule has 0 unspecified atom stereocenters. The Morgan fingerprint density at radius 3 is 2.75 bits per heavy atom. The van der Waals surface area contributed by atoms with Crippen LogP contribution < -0.4 is 0 Å². The van der Waals surface area contributed by atoms with Crippen LogP contribution in [0.4, 0.5) is 4.79 Å². The molecule has 0 aliphatic heterocycles. The van der Waals surface area contributed by atoms with Gasteiger partial charge in [0, 0.05) is 0 Å². The van der Waals surface area contributed by atoms with E-state index in [1.54, 1.807) is 6.92 Å². The number of ether oxygens (including phenoxy) is 1. The monoisotopic (exact) mass is 119 g/mol. The third-order valence-corrected chi connectivity index (χ3v) is 0.566. The topological polar surface area (TPSA) is 57.5 Å². The Labute approximate surface area is 44.6 Å². The van der Waals surface area contributed by atoms with Crippen LogP contribution in [0.15, 0.2) is 9.36 Å². The third kappa shape index (κ3) is 0.927. The maximum atomic E-state index is 10.3. The number of hydrogen-bond donors (Lipinski definition) is 0. The first-order valence-corrected chi connectivity index (χ1v) is 2.16. The second kappa shape index (κ2) is 1.77. The van der Waals surface area contributed by atoms with Crippen LogP contribution in [0.25, 0.3) is 0 Å². The highest BCUT2D eigenvalue weighted by atomic mass is 17.3. The molecule has 1 heterocycles. The number of hydrogen-bond acceptors (Lipinski definition) is 4. The van der Waals surface area contributed by atoms with Gasteiger partial charge in [-0.1, -0.05) is 0 Å². The smallest absolute Gasteiger partial charge is 0.445 e. The lowest BCUT2D eigenvalue weighted by atomic mass is 10.9. The fourth-order valence-corrected chi connectivity index (χ4v) is 0.254. The van der Waals surface area contributed by atoms with Crippen LogP contribution in [-0.4, -0.2) is 17.6 Å². The van der Waals surface area contributed by atoms with Crippen LogP contribution in [0.1, 0.15) is 6.92 Å². The van der Waals surface area contributed by atoms with Gasteiger partial charge in [0.15, 0.2) is 0 Å². The molecule has 8 heavy (non-hydrogen) atoms. The van der Waals surface area contributed by atoms with Gasteiger partial charge in [-0.05, 0) is 6.92 Å². The Bertz CT molecular complexity index is 151. The molecule has 1 rings (SSSR count). The highest BCUT2D eigenvalue weighted by molar-refractivity contribution is 5.66. The van der Waals surface area contributed by atoms with Gasteiger partial charge >= 0.3 is 6.09 Å². The summed E-state index contributed by atoms with van der Waals surface area (Å²) < 4.78 is 12.4. The largest absolute Gasteiger partial charge is 0.487 e. The van der Waals surface area contributed by atoms with Crippen molar-refractivity contribution in [1.82, 2.24) is 4.91 Å². The number of nitrogens with zero attached hydrogens (tertiary/aromatic N) is 1. The summed E-state index contributed by atoms with van der Waals surface area (Å²) in [5, 5.41) is 0. The minimum atomic E-state index is -0.618. The fourth-order valence-electron chi connectivity index (χ4n) is 0.254. The molecule has 0 saturated heterocycles. The predicted octanol–water partition coefficient (Wildman–Crippen LogP) is 0.679. The molecular formula is C3H5NO4. The molecular weight excluding hydrogens is 114 g/mol. The summed E-state index contributed by atoms with van der Waals surface area (Å²) in [5.41, 5.74) is 0. The molecule has 1 aromatic heterocycles. The zero-order valence-electron chi connectivity index (χ0n) is 4.29. The van der Waals surface area contributed by atoms with E-state index >= 15 is 0 Å². The molecule has 5 nitrogen and oxygen atoms in total. The maximum Gasteiger partial charge on any atom is 0.487 e. The van der Waals surface area contributed by atoms with Crippen molar-refractivity contribution in [3.05, 3.63) is 0 Å². The summed E-state index contributed by atoms with van der Waals surface area (Å²) in [6.45, 7) is 2.02. The summed E-state index contributed by atoms with van der Waals surface area (Å²) in [6, 6.07) is 0. The Morgan fingerprint density at radius 1 is 1.75 bits per heavy atom. The molecule has 0 saturated carbocycles. The van der Waals surface area contributed by atoms with Crippen LogP contribution in [-0.2, 0) is 4.74 Å². The molecule has 0 bridgehead atoms. The summed E-state index contributed by atoms with van der Waals surface area (Å²) in [6.07, 6.45) is -0.618. The molecule has 0 N–H and O–H groups in total. The van der Waals surface area contributed by atoms with Gasteiger partial charge in [-0.25, -0.2) is 4.79 Å². The lowest BCUT2D eigenvalue weighted by Crippen LogP contribution is -2.05. The number of carbonyl (C=O) groups is 1. The van der Waals surface area contributed by atoms with Crippen molar-refractivity contribution in [3.63, 3.8) is 0 Å². The normalized spacial score (nSPS) is 9.62. The molecule has 0 spiro atoms. The van der Waals surface area contributed by atoms with Crippen molar-refractivity contribution in [2.75, 3.05) is 6.61 Å². The average Bonchev–Trinajstić information content (AvgIpc) is 2.45. The van der Waals surface area contributed by atoms with E-state index in [4.69, 9.17) is 0 Å². The molecule has 0 amide bonds. The highest BCUT2D eigenvalue weighted by Gasteiger charge is 2.14. The van der Waals surface area contributed by atoms with Crippen molar-refractivity contribution >= 4 is 6.09 Å². The van der Waals surface area contributed by atoms with E-state index in [0.717, 1.165) is 0 Å². The lowest BCUT2D eigenvalue weighted by Gasteiger charge is -1.87. The van der Waals surface area contributed by atoms with Gasteiger partial charge in [-0.3, -0.25) is 0 Å². The second-order valence-electron chi connectivity index (χ2n) is 1.11. The Balaban J connectivity index is 2.28. The highest BCUT2D eigenvalue weighted by Crippen LogP contribution is 1.94. The molecule has 5 heteroatoms. The third-order valence-electron chi connectivity index (χ3n) is 0.566. The van der Waals surface area contributed by atoms with E-state index in [-0.39, 0.29) is 0 Å². The van der Waals surface area contributed by atoms with E-state index in [1.807, 2.05) is 0 Å². The van der Waals surface area contributed by atoms with E-state index < -0.39 is 6.09 Å². The molecule has 0 aliphatic rings. The van der Waals surface area contributed by atoms with E-state index in [1.165, 1.54) is 0 Å². The van der Waals surface area contributed by atoms with Gasteiger partial charge in [0.1, 0.15) is 4.91 Å². The molecule has 0 atom stereocenters. The first-order valence-electron chi connectivity index (χ1n) is 2.16. The van der Waals surface area contributed by atoms with Crippen molar-refractivity contribution in [1.29, 1.82) is 0 Å². The number of aromatic nitrogens is 1. The molecule has 1 aromatic rings. The van der Waals surface area contributed by atoms with E-state index in [9.17, 15) is 4.79 Å². The summed E-state index contributed by atoms with van der Waals surface area (Å²) in [7, 11) is 0. The molecule has 0 aliphatic carbocycles. The molecule has 0 aromatic carbocycles. The summed E-state index contributed by atoms with van der Waals surface area (Å²) in [5.74, 6) is 0. The zero-order valence-corrected chi connectivity index (χ0v) is 4.29.